The average molecular weight is 176 g/mol. The zero-order chi connectivity index (χ0) is 9.52. The quantitative estimate of drug-likeness (QED) is 0.391. The van der Waals surface area contributed by atoms with Crippen LogP contribution in [-0.4, -0.2) is 16.0 Å². The number of hydrogen-bond acceptors (Lipinski definition) is 3. The smallest absolute Gasteiger partial charge is 0.164 e. The Morgan fingerprint density at radius 1 is 1.54 bits per heavy atom. The highest BCUT2D eigenvalue weighted by atomic mass is 16.1. The van der Waals surface area contributed by atoms with Crippen molar-refractivity contribution in [3.63, 3.8) is 0 Å². The molecule has 0 aromatic carbocycles. The Labute approximate surface area is 77.5 Å². The molecule has 1 aromatic heterocycles. The van der Waals surface area contributed by atoms with Crippen LogP contribution in [0.1, 0.15) is 29.6 Å². The van der Waals surface area contributed by atoms with Gasteiger partial charge in [-0.15, -0.1) is 6.58 Å². The van der Waals surface area contributed by atoms with Gasteiger partial charge in [-0.3, -0.25) is 4.79 Å². The number of aromatic nitrogens is 2. The Morgan fingerprint density at radius 3 is 3.00 bits per heavy atom. The third kappa shape index (κ3) is 3.15. The maximum atomic E-state index is 11.4. The van der Waals surface area contributed by atoms with Crippen LogP contribution >= 0.6 is 0 Å². The van der Waals surface area contributed by atoms with E-state index in [1.165, 1.54) is 12.4 Å². The van der Waals surface area contributed by atoms with Crippen molar-refractivity contribution < 1.29 is 4.79 Å². The van der Waals surface area contributed by atoms with E-state index in [0.717, 1.165) is 12.8 Å². The molecule has 0 spiro atoms. The second-order valence-electron chi connectivity index (χ2n) is 2.74. The number of Topliss-reactive ketones (excluding diaryl/α,β-unsaturated/α-hetero) is 1. The highest BCUT2D eigenvalue weighted by Crippen LogP contribution is 2.04. The Kier molecular flexibility index (Phi) is 3.82. The number of rotatable bonds is 5. The van der Waals surface area contributed by atoms with E-state index in [2.05, 4.69) is 16.8 Å². The zero-order valence-corrected chi connectivity index (χ0v) is 7.44. The molecular weight excluding hydrogens is 164 g/mol. The number of allylic oxidation sites excluding steroid dienone is 1. The number of hydrogen-bond donors (Lipinski definition) is 0. The summed E-state index contributed by atoms with van der Waals surface area (Å²) < 4.78 is 0. The molecule has 13 heavy (non-hydrogen) atoms. The van der Waals surface area contributed by atoms with Gasteiger partial charge in [-0.1, -0.05) is 6.08 Å². The lowest BCUT2D eigenvalue weighted by molar-refractivity contribution is 0.0980. The summed E-state index contributed by atoms with van der Waals surface area (Å²) in [5, 5.41) is 7.25. The van der Waals surface area contributed by atoms with Gasteiger partial charge in [0.1, 0.15) is 0 Å². The van der Waals surface area contributed by atoms with E-state index in [-0.39, 0.29) is 5.78 Å². The minimum atomic E-state index is 0.122. The first-order valence-electron chi connectivity index (χ1n) is 4.25. The molecule has 3 heteroatoms. The van der Waals surface area contributed by atoms with Gasteiger partial charge in [0.15, 0.2) is 5.78 Å². The van der Waals surface area contributed by atoms with Crippen molar-refractivity contribution in [2.75, 3.05) is 0 Å². The fourth-order valence-corrected chi connectivity index (χ4v) is 1.01. The highest BCUT2D eigenvalue weighted by molar-refractivity contribution is 5.95. The lowest BCUT2D eigenvalue weighted by Crippen LogP contribution is -1.99. The summed E-state index contributed by atoms with van der Waals surface area (Å²) in [6.45, 7) is 3.60. The van der Waals surface area contributed by atoms with Crippen LogP contribution in [0.4, 0.5) is 0 Å². The normalized spacial score (nSPS) is 9.54. The molecule has 1 heterocycles. The maximum absolute atomic E-state index is 11.4. The van der Waals surface area contributed by atoms with Crippen LogP contribution in [0.15, 0.2) is 31.1 Å². The van der Waals surface area contributed by atoms with Crippen LogP contribution < -0.4 is 0 Å². The molecule has 0 aliphatic heterocycles. The van der Waals surface area contributed by atoms with E-state index >= 15 is 0 Å². The summed E-state index contributed by atoms with van der Waals surface area (Å²) in [4.78, 5) is 11.4. The molecule has 0 aliphatic carbocycles. The molecule has 0 radical (unpaired) electrons. The first kappa shape index (κ1) is 9.58. The Morgan fingerprint density at radius 2 is 2.38 bits per heavy atom. The largest absolute Gasteiger partial charge is 0.294 e. The van der Waals surface area contributed by atoms with Gasteiger partial charge in [0.25, 0.3) is 0 Å². The van der Waals surface area contributed by atoms with Crippen LogP contribution in [0.5, 0.6) is 0 Å². The maximum Gasteiger partial charge on any atom is 0.164 e. The number of unbranched alkanes of at least 4 members (excludes halogenated alkanes) is 1. The first-order valence-corrected chi connectivity index (χ1v) is 4.25. The lowest BCUT2D eigenvalue weighted by atomic mass is 10.1. The van der Waals surface area contributed by atoms with Crippen molar-refractivity contribution in [3.05, 3.63) is 36.7 Å². The molecule has 0 bridgehead atoms. The van der Waals surface area contributed by atoms with Gasteiger partial charge in [0.05, 0.1) is 12.4 Å². The van der Waals surface area contributed by atoms with Gasteiger partial charge in [-0.05, 0) is 18.9 Å². The van der Waals surface area contributed by atoms with E-state index in [4.69, 9.17) is 0 Å². The van der Waals surface area contributed by atoms with Crippen LogP contribution in [0, 0.1) is 0 Å². The molecule has 0 fully saturated rings. The van der Waals surface area contributed by atoms with Crippen molar-refractivity contribution in [3.8, 4) is 0 Å². The second-order valence-corrected chi connectivity index (χ2v) is 2.74. The van der Waals surface area contributed by atoms with E-state index in [9.17, 15) is 4.79 Å². The predicted octanol–water partition coefficient (Wildman–Crippen LogP) is 2.02. The summed E-state index contributed by atoms with van der Waals surface area (Å²) in [5.41, 5.74) is 0.638. The van der Waals surface area contributed by atoms with Gasteiger partial charge >= 0.3 is 0 Å². The molecule has 1 aromatic rings. The van der Waals surface area contributed by atoms with E-state index < -0.39 is 0 Å². The van der Waals surface area contributed by atoms with Crippen molar-refractivity contribution in [2.45, 2.75) is 19.3 Å². The molecule has 0 N–H and O–H groups in total. The molecule has 0 atom stereocenters. The number of carbonyl (C=O) groups excluding carboxylic acids is 1. The molecule has 0 saturated carbocycles. The summed E-state index contributed by atoms with van der Waals surface area (Å²) in [6.07, 6.45) is 7.13. The number of carbonyl (C=O) groups is 1. The van der Waals surface area contributed by atoms with Crippen LogP contribution in [-0.2, 0) is 0 Å². The van der Waals surface area contributed by atoms with Crippen molar-refractivity contribution in [1.29, 1.82) is 0 Å². The standard InChI is InChI=1S/C10H12N2O/c1-2-3-4-5-10(13)9-6-7-11-12-8-9/h2,6-8H,1,3-5H2. The van der Waals surface area contributed by atoms with Gasteiger partial charge in [0.2, 0.25) is 0 Å². The van der Waals surface area contributed by atoms with E-state index in [1.54, 1.807) is 6.07 Å². The third-order valence-electron chi connectivity index (χ3n) is 1.72. The summed E-state index contributed by atoms with van der Waals surface area (Å²) in [7, 11) is 0. The van der Waals surface area contributed by atoms with Crippen LogP contribution in [0.25, 0.3) is 0 Å². The summed E-state index contributed by atoms with van der Waals surface area (Å²) in [6, 6.07) is 1.68. The Balaban J connectivity index is 2.45. The molecule has 0 unspecified atom stereocenters. The van der Waals surface area contributed by atoms with Gasteiger partial charge < -0.3 is 0 Å². The van der Waals surface area contributed by atoms with Gasteiger partial charge in [-0.2, -0.15) is 10.2 Å². The number of nitrogens with zero attached hydrogens (tertiary/aromatic N) is 2. The molecular formula is C10H12N2O. The van der Waals surface area contributed by atoms with Crippen molar-refractivity contribution in [2.24, 2.45) is 0 Å². The van der Waals surface area contributed by atoms with Crippen molar-refractivity contribution in [1.82, 2.24) is 10.2 Å². The summed E-state index contributed by atoms with van der Waals surface area (Å²) in [5.74, 6) is 0.122. The van der Waals surface area contributed by atoms with Crippen LogP contribution in [0.3, 0.4) is 0 Å². The SMILES string of the molecule is C=CCCCC(=O)c1ccnnc1. The topological polar surface area (TPSA) is 42.9 Å². The Hall–Kier alpha value is -1.51. The predicted molar refractivity (Wildman–Crippen MR) is 50.4 cm³/mol. The van der Waals surface area contributed by atoms with E-state index in [0.29, 0.717) is 12.0 Å². The zero-order valence-electron chi connectivity index (χ0n) is 7.44. The van der Waals surface area contributed by atoms with Gasteiger partial charge in [-0.25, -0.2) is 0 Å². The van der Waals surface area contributed by atoms with Gasteiger partial charge in [0, 0.05) is 12.0 Å². The average Bonchev–Trinajstić information content (AvgIpc) is 2.19. The fraction of sp³-hybridized carbons (Fsp3) is 0.300. The molecule has 0 saturated heterocycles. The monoisotopic (exact) mass is 176 g/mol. The van der Waals surface area contributed by atoms with Crippen LogP contribution in [0.2, 0.25) is 0 Å². The first-order chi connectivity index (χ1) is 6.34. The molecule has 1 rings (SSSR count). The summed E-state index contributed by atoms with van der Waals surface area (Å²) >= 11 is 0. The fourth-order valence-electron chi connectivity index (χ4n) is 1.01. The third-order valence-corrected chi connectivity index (χ3v) is 1.72. The minimum Gasteiger partial charge on any atom is -0.294 e. The van der Waals surface area contributed by atoms with Crippen molar-refractivity contribution >= 4 is 5.78 Å². The number of ketones is 1. The van der Waals surface area contributed by atoms with E-state index in [1.807, 2.05) is 6.08 Å². The second kappa shape index (κ2) is 5.19. The molecule has 68 valence electrons. The minimum absolute atomic E-state index is 0.122. The lowest BCUT2D eigenvalue weighted by Gasteiger charge is -1.97. The highest BCUT2D eigenvalue weighted by Gasteiger charge is 2.03. The Bertz CT molecular complexity index is 282. The molecule has 0 aliphatic rings. The molecule has 3 nitrogen and oxygen atoms in total. The molecule has 0 amide bonds.